The second-order valence-corrected chi connectivity index (χ2v) is 4.09. The first-order chi connectivity index (χ1) is 8.33. The van der Waals surface area contributed by atoms with Gasteiger partial charge >= 0.3 is 0 Å². The quantitative estimate of drug-likeness (QED) is 0.595. The number of aromatic nitrogens is 1. The molecule has 0 unspecified atom stereocenters. The van der Waals surface area contributed by atoms with Crippen LogP contribution in [0.2, 0.25) is 0 Å². The normalized spacial score (nSPS) is 16.2. The number of H-pyrrole nitrogens is 1. The van der Waals surface area contributed by atoms with Crippen LogP contribution in [0, 0.1) is 0 Å². The summed E-state index contributed by atoms with van der Waals surface area (Å²) in [5.41, 5.74) is 1.87. The Kier molecular flexibility index (Phi) is 2.42. The highest BCUT2D eigenvalue weighted by Crippen LogP contribution is 2.31. The maximum atomic E-state index is 5.75. The van der Waals surface area contributed by atoms with E-state index < -0.39 is 0 Å². The van der Waals surface area contributed by atoms with Crippen molar-refractivity contribution in [3.05, 3.63) is 54.0 Å². The average Bonchev–Trinajstić information content (AvgIpc) is 2.83. The van der Waals surface area contributed by atoms with Gasteiger partial charge in [-0.2, -0.15) is 0 Å². The van der Waals surface area contributed by atoms with Crippen molar-refractivity contribution in [1.29, 1.82) is 0 Å². The molecule has 17 heavy (non-hydrogen) atoms. The summed E-state index contributed by atoms with van der Waals surface area (Å²) >= 11 is 5.26. The fraction of sp³-hybridized carbons (Fsp3) is 0. The van der Waals surface area contributed by atoms with Crippen molar-refractivity contribution >= 4 is 29.0 Å². The fourth-order valence-corrected chi connectivity index (χ4v) is 1.89. The summed E-state index contributed by atoms with van der Waals surface area (Å²) in [5.74, 6) is 1.44. The molecular formula is C13H10N2OS. The van der Waals surface area contributed by atoms with Crippen molar-refractivity contribution in [2.75, 3.05) is 5.32 Å². The van der Waals surface area contributed by atoms with Crippen LogP contribution in [0.5, 0.6) is 5.75 Å². The Bertz CT molecular complexity index is 587. The molecule has 2 heterocycles. The fourth-order valence-electron chi connectivity index (χ4n) is 1.68. The third-order valence-corrected chi connectivity index (χ3v) is 2.79. The zero-order valence-electron chi connectivity index (χ0n) is 8.94. The topological polar surface area (TPSA) is 37.0 Å². The molecule has 4 heteroatoms. The third kappa shape index (κ3) is 1.94. The Labute approximate surface area is 104 Å². The molecule has 0 radical (unpaired) electrons. The summed E-state index contributed by atoms with van der Waals surface area (Å²) in [4.78, 5) is 3.68. The van der Waals surface area contributed by atoms with Gasteiger partial charge in [0.05, 0.1) is 5.69 Å². The predicted octanol–water partition coefficient (Wildman–Crippen LogP) is 3.19. The number of nitrogens with one attached hydrogen (secondary N) is 2. The molecule has 0 amide bonds. The summed E-state index contributed by atoms with van der Waals surface area (Å²) in [6.07, 6.45) is 3.74. The molecule has 3 nitrogen and oxygen atoms in total. The molecule has 1 aromatic carbocycles. The third-order valence-electron chi connectivity index (χ3n) is 2.49. The van der Waals surface area contributed by atoms with Crippen LogP contribution < -0.4 is 10.1 Å². The molecule has 0 aliphatic carbocycles. The van der Waals surface area contributed by atoms with Crippen molar-refractivity contribution in [2.24, 2.45) is 0 Å². The largest absolute Gasteiger partial charge is 0.452 e. The van der Waals surface area contributed by atoms with E-state index in [-0.39, 0.29) is 0 Å². The second-order valence-electron chi connectivity index (χ2n) is 3.69. The van der Waals surface area contributed by atoms with E-state index in [4.69, 9.17) is 17.0 Å². The van der Waals surface area contributed by atoms with Crippen LogP contribution in [0.1, 0.15) is 5.69 Å². The van der Waals surface area contributed by atoms with Crippen LogP contribution in [0.15, 0.2) is 48.4 Å². The van der Waals surface area contributed by atoms with Crippen LogP contribution in [-0.4, -0.2) is 9.97 Å². The van der Waals surface area contributed by atoms with Crippen molar-refractivity contribution in [3.63, 3.8) is 0 Å². The molecule has 0 fully saturated rings. The van der Waals surface area contributed by atoms with E-state index in [1.165, 1.54) is 0 Å². The summed E-state index contributed by atoms with van der Waals surface area (Å²) in [6, 6.07) is 11.6. The number of aromatic amines is 1. The number of benzene rings is 1. The van der Waals surface area contributed by atoms with Gasteiger partial charge in [-0.1, -0.05) is 24.4 Å². The summed E-state index contributed by atoms with van der Waals surface area (Å²) in [5, 5.41) is 3.15. The smallest absolute Gasteiger partial charge is 0.164 e. The van der Waals surface area contributed by atoms with Crippen molar-refractivity contribution in [3.8, 4) is 5.75 Å². The van der Waals surface area contributed by atoms with Gasteiger partial charge in [0, 0.05) is 18.0 Å². The van der Waals surface area contributed by atoms with Gasteiger partial charge in [0.2, 0.25) is 0 Å². The van der Waals surface area contributed by atoms with Gasteiger partial charge in [-0.25, -0.2) is 0 Å². The predicted molar refractivity (Wildman–Crippen MR) is 72.1 cm³/mol. The van der Waals surface area contributed by atoms with Crippen LogP contribution in [0.4, 0.5) is 5.69 Å². The SMILES string of the molecule is S=C1Nc2ccccc2OC1=Cc1ccc[nH]1. The Morgan fingerprint density at radius 2 is 2.00 bits per heavy atom. The summed E-state index contributed by atoms with van der Waals surface area (Å²) in [6.45, 7) is 0. The van der Waals surface area contributed by atoms with E-state index in [9.17, 15) is 0 Å². The minimum Gasteiger partial charge on any atom is -0.452 e. The first kappa shape index (κ1) is 10.1. The molecule has 3 rings (SSSR count). The van der Waals surface area contributed by atoms with Gasteiger partial charge in [-0.05, 0) is 24.3 Å². The number of thiocarbonyl (C=S) groups is 1. The van der Waals surface area contributed by atoms with E-state index in [0.717, 1.165) is 17.1 Å². The molecule has 2 aromatic rings. The number of para-hydroxylation sites is 2. The maximum Gasteiger partial charge on any atom is 0.164 e. The van der Waals surface area contributed by atoms with E-state index in [2.05, 4.69) is 10.3 Å². The number of rotatable bonds is 1. The molecule has 0 atom stereocenters. The van der Waals surface area contributed by atoms with Crippen molar-refractivity contribution in [1.82, 2.24) is 4.98 Å². The van der Waals surface area contributed by atoms with Crippen LogP contribution >= 0.6 is 12.2 Å². The number of anilines is 1. The van der Waals surface area contributed by atoms with Crippen molar-refractivity contribution in [2.45, 2.75) is 0 Å². The molecule has 1 aliphatic rings. The van der Waals surface area contributed by atoms with Crippen LogP contribution in [0.25, 0.3) is 6.08 Å². The first-order valence-electron chi connectivity index (χ1n) is 5.26. The van der Waals surface area contributed by atoms with Gasteiger partial charge < -0.3 is 15.0 Å². The number of fused-ring (bicyclic) bond motifs is 1. The zero-order valence-corrected chi connectivity index (χ0v) is 9.75. The van der Waals surface area contributed by atoms with Gasteiger partial charge in [0.1, 0.15) is 4.99 Å². The van der Waals surface area contributed by atoms with Crippen molar-refractivity contribution < 1.29 is 4.74 Å². The number of ether oxygens (including phenoxy) is 1. The highest BCUT2D eigenvalue weighted by Gasteiger charge is 2.18. The lowest BCUT2D eigenvalue weighted by atomic mass is 10.2. The van der Waals surface area contributed by atoms with E-state index >= 15 is 0 Å². The standard InChI is InChI=1S/C13H10N2OS/c17-13-12(8-9-4-3-7-14-9)16-11-6-2-1-5-10(11)15-13/h1-8,14H,(H,15,17). The molecule has 0 spiro atoms. The number of hydrogen-bond acceptors (Lipinski definition) is 2. The van der Waals surface area contributed by atoms with Crippen LogP contribution in [-0.2, 0) is 0 Å². The second kappa shape index (κ2) is 4.07. The Morgan fingerprint density at radius 1 is 1.12 bits per heavy atom. The lowest BCUT2D eigenvalue weighted by Crippen LogP contribution is -2.21. The Morgan fingerprint density at radius 3 is 2.82 bits per heavy atom. The lowest BCUT2D eigenvalue weighted by Gasteiger charge is -2.21. The highest BCUT2D eigenvalue weighted by atomic mass is 32.1. The lowest BCUT2D eigenvalue weighted by molar-refractivity contribution is 0.457. The summed E-state index contributed by atoms with van der Waals surface area (Å²) < 4.78 is 5.75. The first-order valence-corrected chi connectivity index (χ1v) is 5.67. The van der Waals surface area contributed by atoms with Gasteiger partial charge in [-0.3, -0.25) is 0 Å². The van der Waals surface area contributed by atoms with Gasteiger partial charge in [0.25, 0.3) is 0 Å². The minimum absolute atomic E-state index is 0.596. The summed E-state index contributed by atoms with van der Waals surface area (Å²) in [7, 11) is 0. The minimum atomic E-state index is 0.596. The average molecular weight is 242 g/mol. The number of hydrogen-bond donors (Lipinski definition) is 2. The van der Waals surface area contributed by atoms with E-state index in [0.29, 0.717) is 10.7 Å². The molecule has 0 saturated heterocycles. The molecule has 1 aromatic heterocycles. The Hall–Kier alpha value is -2.07. The van der Waals surface area contributed by atoms with E-state index in [1.54, 1.807) is 0 Å². The van der Waals surface area contributed by atoms with Gasteiger partial charge in [0.15, 0.2) is 11.5 Å². The maximum absolute atomic E-state index is 5.75. The zero-order chi connectivity index (χ0) is 11.7. The highest BCUT2D eigenvalue weighted by molar-refractivity contribution is 7.81. The van der Waals surface area contributed by atoms with E-state index in [1.807, 2.05) is 48.7 Å². The molecule has 1 aliphatic heterocycles. The molecule has 0 bridgehead atoms. The van der Waals surface area contributed by atoms with Crippen LogP contribution in [0.3, 0.4) is 0 Å². The van der Waals surface area contributed by atoms with Gasteiger partial charge in [-0.15, -0.1) is 0 Å². The Balaban J connectivity index is 1.97. The molecule has 84 valence electrons. The molecule has 2 N–H and O–H groups in total. The molecule has 0 saturated carbocycles. The monoisotopic (exact) mass is 242 g/mol. The molecular weight excluding hydrogens is 232 g/mol.